The smallest absolute Gasteiger partial charge is 0.119 e. The predicted octanol–water partition coefficient (Wildman–Crippen LogP) is 5.51. The van der Waals surface area contributed by atoms with Gasteiger partial charge in [0.15, 0.2) is 0 Å². The van der Waals surface area contributed by atoms with E-state index >= 15 is 0 Å². The van der Waals surface area contributed by atoms with E-state index in [4.69, 9.17) is 4.74 Å². The van der Waals surface area contributed by atoms with E-state index in [1.54, 1.807) is 0 Å². The number of unbranched alkanes of at least 4 members (excludes halogenated alkanes) is 2. The topological polar surface area (TPSA) is 12.5 Å². The summed E-state index contributed by atoms with van der Waals surface area (Å²) in [5, 5.41) is 0. The van der Waals surface area contributed by atoms with E-state index in [0.29, 0.717) is 0 Å². The van der Waals surface area contributed by atoms with Crippen LogP contribution < -0.4 is 4.74 Å². The second-order valence-electron chi connectivity index (χ2n) is 8.26. The third-order valence-electron chi connectivity index (χ3n) is 5.34. The third-order valence-corrected chi connectivity index (χ3v) is 5.34. The molecule has 0 aliphatic rings. The van der Waals surface area contributed by atoms with Crippen LogP contribution in [-0.2, 0) is 5.41 Å². The van der Waals surface area contributed by atoms with E-state index in [2.05, 4.69) is 77.8 Å². The van der Waals surface area contributed by atoms with Crippen molar-refractivity contribution in [1.29, 1.82) is 0 Å². The van der Waals surface area contributed by atoms with Crippen molar-refractivity contribution in [2.24, 2.45) is 5.41 Å². The molecule has 0 bridgehead atoms. The van der Waals surface area contributed by atoms with E-state index in [9.17, 15) is 0 Å². The van der Waals surface area contributed by atoms with Gasteiger partial charge in [0.2, 0.25) is 0 Å². The Morgan fingerprint density at radius 3 is 2.04 bits per heavy atom. The molecular formula is C21H37NO. The fourth-order valence-electron chi connectivity index (χ4n) is 2.46. The molecule has 132 valence electrons. The third kappa shape index (κ3) is 6.18. The Morgan fingerprint density at radius 1 is 0.913 bits per heavy atom. The summed E-state index contributed by atoms with van der Waals surface area (Å²) < 4.78 is 5.89. The van der Waals surface area contributed by atoms with E-state index in [0.717, 1.165) is 25.4 Å². The summed E-state index contributed by atoms with van der Waals surface area (Å²) in [6.07, 6.45) is 3.88. The van der Waals surface area contributed by atoms with Crippen LogP contribution in [0.1, 0.15) is 66.4 Å². The lowest BCUT2D eigenvalue weighted by Gasteiger charge is -2.39. The Bertz CT molecular complexity index is 442. The monoisotopic (exact) mass is 319 g/mol. The minimum atomic E-state index is 0.144. The molecule has 0 radical (unpaired) electrons. The molecule has 23 heavy (non-hydrogen) atoms. The van der Waals surface area contributed by atoms with Gasteiger partial charge in [0.1, 0.15) is 12.4 Å². The van der Waals surface area contributed by atoms with E-state index in [1.807, 2.05) is 0 Å². The Labute approximate surface area is 144 Å². The number of rotatable bonds is 9. The normalized spacial score (nSPS) is 12.7. The Kier molecular flexibility index (Phi) is 7.60. The first-order chi connectivity index (χ1) is 10.7. The molecule has 0 atom stereocenters. The quantitative estimate of drug-likeness (QED) is 0.556. The predicted molar refractivity (Wildman–Crippen MR) is 101 cm³/mol. The zero-order valence-electron chi connectivity index (χ0n) is 16.4. The van der Waals surface area contributed by atoms with Crippen LogP contribution >= 0.6 is 0 Å². The molecule has 0 N–H and O–H groups in total. The standard InChI is InChI=1S/C21H37NO/c1-8-9-10-15-22(7)16-17-23-19-13-11-18(12-14-19)21(5,6)20(2,3)4/h11-14H,8-10,15-17H2,1-7H3. The van der Waals surface area contributed by atoms with Crippen molar-refractivity contribution in [3.05, 3.63) is 29.8 Å². The number of ether oxygens (including phenoxy) is 1. The summed E-state index contributed by atoms with van der Waals surface area (Å²) in [6, 6.07) is 8.65. The summed E-state index contributed by atoms with van der Waals surface area (Å²) in [5.41, 5.74) is 1.75. The lowest BCUT2D eigenvalue weighted by molar-refractivity contribution is 0.224. The largest absolute Gasteiger partial charge is 0.492 e. The Balaban J connectivity index is 2.46. The van der Waals surface area contributed by atoms with Crippen molar-refractivity contribution in [2.75, 3.05) is 26.7 Å². The maximum atomic E-state index is 5.89. The van der Waals surface area contributed by atoms with Gasteiger partial charge in [-0.25, -0.2) is 0 Å². The van der Waals surface area contributed by atoms with Crippen LogP contribution in [0, 0.1) is 5.41 Å². The number of hydrogen-bond donors (Lipinski definition) is 0. The highest BCUT2D eigenvalue weighted by Gasteiger charge is 2.34. The molecule has 0 heterocycles. The molecule has 0 spiro atoms. The van der Waals surface area contributed by atoms with Crippen LogP contribution in [0.25, 0.3) is 0 Å². The van der Waals surface area contributed by atoms with E-state index in [1.165, 1.54) is 24.8 Å². The van der Waals surface area contributed by atoms with Crippen molar-refractivity contribution >= 4 is 0 Å². The Morgan fingerprint density at radius 2 is 1.52 bits per heavy atom. The first-order valence-corrected chi connectivity index (χ1v) is 9.10. The van der Waals surface area contributed by atoms with Gasteiger partial charge in [-0.15, -0.1) is 0 Å². The van der Waals surface area contributed by atoms with Crippen LogP contribution in [0.4, 0.5) is 0 Å². The molecule has 0 unspecified atom stereocenters. The number of nitrogens with zero attached hydrogens (tertiary/aromatic N) is 1. The fraction of sp³-hybridized carbons (Fsp3) is 0.714. The summed E-state index contributed by atoms with van der Waals surface area (Å²) in [6.45, 7) is 16.7. The number of likely N-dealkylation sites (N-methyl/N-ethyl adjacent to an activating group) is 1. The van der Waals surface area contributed by atoms with Crippen LogP contribution in [0.2, 0.25) is 0 Å². The minimum absolute atomic E-state index is 0.144. The summed E-state index contributed by atoms with van der Waals surface area (Å²) in [5.74, 6) is 0.973. The van der Waals surface area contributed by atoms with Gasteiger partial charge < -0.3 is 9.64 Å². The Hall–Kier alpha value is -1.02. The lowest BCUT2D eigenvalue weighted by Crippen LogP contribution is -2.33. The number of benzene rings is 1. The highest BCUT2D eigenvalue weighted by atomic mass is 16.5. The highest BCUT2D eigenvalue weighted by molar-refractivity contribution is 5.32. The van der Waals surface area contributed by atoms with Gasteiger partial charge in [0, 0.05) is 6.54 Å². The molecule has 2 heteroatoms. The molecule has 1 rings (SSSR count). The molecule has 0 aromatic heterocycles. The van der Waals surface area contributed by atoms with Gasteiger partial charge in [0.05, 0.1) is 0 Å². The maximum Gasteiger partial charge on any atom is 0.119 e. The SMILES string of the molecule is CCCCCN(C)CCOc1ccc(C(C)(C)C(C)(C)C)cc1. The zero-order valence-corrected chi connectivity index (χ0v) is 16.4. The second-order valence-corrected chi connectivity index (χ2v) is 8.26. The molecule has 0 aliphatic heterocycles. The van der Waals surface area contributed by atoms with Gasteiger partial charge in [-0.2, -0.15) is 0 Å². The average Bonchev–Trinajstić information content (AvgIpc) is 2.47. The average molecular weight is 320 g/mol. The molecule has 0 aliphatic carbocycles. The van der Waals surface area contributed by atoms with Crippen LogP contribution in [0.3, 0.4) is 0 Å². The number of hydrogen-bond acceptors (Lipinski definition) is 2. The van der Waals surface area contributed by atoms with Crippen molar-refractivity contribution < 1.29 is 4.74 Å². The zero-order chi connectivity index (χ0) is 17.5. The highest BCUT2D eigenvalue weighted by Crippen LogP contribution is 2.41. The van der Waals surface area contributed by atoms with Crippen LogP contribution in [0.15, 0.2) is 24.3 Å². The lowest BCUT2D eigenvalue weighted by atomic mass is 9.65. The van der Waals surface area contributed by atoms with Crippen molar-refractivity contribution in [2.45, 2.75) is 66.2 Å². The van der Waals surface area contributed by atoms with Crippen LogP contribution in [-0.4, -0.2) is 31.6 Å². The molecule has 1 aromatic rings. The van der Waals surface area contributed by atoms with Gasteiger partial charge in [0.25, 0.3) is 0 Å². The summed E-state index contributed by atoms with van der Waals surface area (Å²) in [4.78, 5) is 2.35. The van der Waals surface area contributed by atoms with E-state index in [-0.39, 0.29) is 10.8 Å². The molecule has 0 amide bonds. The molecular weight excluding hydrogens is 282 g/mol. The van der Waals surface area contributed by atoms with Crippen molar-refractivity contribution in [3.8, 4) is 5.75 Å². The maximum absolute atomic E-state index is 5.89. The molecule has 1 aromatic carbocycles. The van der Waals surface area contributed by atoms with Crippen molar-refractivity contribution in [1.82, 2.24) is 4.90 Å². The van der Waals surface area contributed by atoms with E-state index < -0.39 is 0 Å². The van der Waals surface area contributed by atoms with Gasteiger partial charge in [-0.05, 0) is 48.5 Å². The second kappa shape index (κ2) is 8.73. The summed E-state index contributed by atoms with van der Waals surface area (Å²) >= 11 is 0. The van der Waals surface area contributed by atoms with Gasteiger partial charge >= 0.3 is 0 Å². The molecule has 0 saturated heterocycles. The van der Waals surface area contributed by atoms with Gasteiger partial charge in [-0.3, -0.25) is 0 Å². The fourth-order valence-corrected chi connectivity index (χ4v) is 2.46. The van der Waals surface area contributed by atoms with Gasteiger partial charge in [-0.1, -0.05) is 66.5 Å². The minimum Gasteiger partial charge on any atom is -0.492 e. The first-order valence-electron chi connectivity index (χ1n) is 9.10. The molecule has 0 saturated carbocycles. The molecule has 0 fully saturated rings. The van der Waals surface area contributed by atoms with Crippen molar-refractivity contribution in [3.63, 3.8) is 0 Å². The first kappa shape index (κ1) is 20.0. The summed E-state index contributed by atoms with van der Waals surface area (Å²) in [7, 11) is 2.17. The molecule has 2 nitrogen and oxygen atoms in total. The van der Waals surface area contributed by atoms with Crippen LogP contribution in [0.5, 0.6) is 5.75 Å².